The summed E-state index contributed by atoms with van der Waals surface area (Å²) in [6.45, 7) is 25.7. The van der Waals surface area contributed by atoms with Crippen LogP contribution in [0.5, 0.6) is 0 Å². The normalized spacial score (nSPS) is 18.5. The molecule has 137 heavy (non-hydrogen) atoms. The highest BCUT2D eigenvalue weighted by Gasteiger charge is 2.66. The van der Waals surface area contributed by atoms with Gasteiger partial charge in [0.05, 0.1) is 44.1 Å². The molecule has 2 aromatic heterocycles. The molecule has 2 aliphatic carbocycles. The third-order valence-corrected chi connectivity index (χ3v) is 26.7. The Morgan fingerprint density at radius 2 is 0.964 bits per heavy atom. The van der Waals surface area contributed by atoms with Gasteiger partial charge in [0.25, 0.3) is 11.8 Å². The Labute approximate surface area is 804 Å². The highest BCUT2D eigenvalue weighted by Crippen LogP contribution is 2.54. The number of imide groups is 1. The Morgan fingerprint density at radius 3 is 1.35 bits per heavy atom. The van der Waals surface area contributed by atoms with Gasteiger partial charge < -0.3 is 66.8 Å². The summed E-state index contributed by atoms with van der Waals surface area (Å²) in [7, 11) is 3.12. The number of benzene rings is 4. The van der Waals surface area contributed by atoms with E-state index >= 15 is 0 Å². The maximum Gasteiger partial charge on any atom is 0.442 e. The molecule has 42 heteroatoms. The standard InChI is InChI=1S/C38H46F3N9O2S.C33H40F3N7O2.C14H19N3O5S.C6H15N.CH3F.2CO2.CH4/c1-23-12-13-27-25(18-23)21-28-33(27)35(46-31(44-28)20-24-8-5-9-26(19-24)37(48-49-37)38(39,40)41)43-15-7-17-50(2)16-6-14-42-32(51)11-4-3-10-30-34-29(22-53-30)45-36(52)47-34;1-21-11-12-25-23(17-21)20-26-28(25)29(37-13-7-15-43(5)16-8-14-38-30(44)45-31(2,3)4)40-27(39-26)19-22-9-6-10-24(18-22)32(41-42-32)33(34,35)36;18-10-5-6-11(19)17(10)22-12(20)4-2-1-3-9-13-8(7-23-9)15-14(21)16-13;1-4-7(5-2)6-3;1-2;2*2-1-3;/h5,8-9,12-13,18-19,29-30,34H,3-4,6-7,10-11,14-17,20-22H2,1-2H3,(H,42,51)(H,43,44,46)(H2,45,47,52);6,9-12,17-18H,7-8,13-16,19-20H2,1-5H3,(H,38,44)(H,37,39,40);8-9,13H,1-7H2,(H2,15,16,21);4-6H2,1-3H3;1H3;;;1H4/t29-,30-,34-;;8-,9-,13-;;;;;/m0.0...../s1/i;;;;1D;;;. The SMILES string of the molecule is C.CCN(CC)CC.Cc1ccc2c(c1)Cc1nc(Cc3cccc(C4(C(F)(F)F)N=N4)c3)nc(NCCCN(C)CCCNC(=O)CCCC[C@@H]3SC[C@@H]4NC(=O)N[C@@H]43)c1-2.Cc1ccc2c(c1)Cc1nc(Cc3cccc(C4(C(F)(F)F)N=N4)c3)nc(NCCCN(C)CCCNC(=O)OC(C)(C)C)c1-2.O=C1N[C@H]2[C@H](CS[C@H]2CCCCC(=O)ON2C(=O)CCC2=O)N1.O=C=O.O=C=O.[2H]CF. The van der Waals surface area contributed by atoms with Gasteiger partial charge in [-0.3, -0.25) is 18.8 Å². The van der Waals surface area contributed by atoms with Crippen LogP contribution >= 0.6 is 23.5 Å². The lowest BCUT2D eigenvalue weighted by atomic mass is 9.99. The number of nitrogens with one attached hydrogen (secondary N) is 8. The number of hydrogen-bond donors (Lipinski definition) is 8. The van der Waals surface area contributed by atoms with Crippen molar-refractivity contribution in [3.8, 4) is 22.3 Å². The van der Waals surface area contributed by atoms with Crippen LogP contribution in [0, 0.1) is 13.8 Å². The zero-order valence-corrected chi connectivity index (χ0v) is 79.9. The molecule has 33 nitrogen and oxygen atoms in total. The van der Waals surface area contributed by atoms with Gasteiger partial charge in [-0.25, -0.2) is 39.1 Å². The van der Waals surface area contributed by atoms with Gasteiger partial charge >= 0.3 is 60.1 Å². The molecule has 9 aliphatic rings. The lowest BCUT2D eigenvalue weighted by Crippen LogP contribution is -2.36. The Morgan fingerprint density at radius 1 is 0.562 bits per heavy atom. The van der Waals surface area contributed by atoms with E-state index in [-0.39, 0.29) is 105 Å². The smallest absolute Gasteiger partial charge is 0.442 e. The van der Waals surface area contributed by atoms with Gasteiger partial charge in [0.2, 0.25) is 5.91 Å². The van der Waals surface area contributed by atoms with Gasteiger partial charge in [-0.1, -0.05) is 137 Å². The number of alkyl halides is 7. The topological polar surface area (TPSA) is 416 Å². The molecule has 6 aromatic rings. The van der Waals surface area contributed by atoms with Crippen LogP contribution in [-0.2, 0) is 84.9 Å². The lowest BCUT2D eigenvalue weighted by Gasteiger charge is -2.20. The van der Waals surface area contributed by atoms with E-state index in [1.807, 2.05) is 51.3 Å². The highest BCUT2D eigenvalue weighted by atomic mass is 32.2. The number of carbonyl (C=O) groups is 7. The number of hydrogen-bond acceptors (Lipinski definition) is 28. The van der Waals surface area contributed by atoms with Crippen molar-refractivity contribution in [1.82, 2.24) is 71.6 Å². The molecule has 0 bridgehead atoms. The Hall–Kier alpha value is -11.4. The molecule has 0 unspecified atom stereocenters. The number of halogens is 7. The zero-order valence-electron chi connectivity index (χ0n) is 79.3. The van der Waals surface area contributed by atoms with Crippen LogP contribution in [0.2, 0.25) is 0 Å². The first-order chi connectivity index (χ1) is 65.4. The fourth-order valence-corrected chi connectivity index (χ4v) is 19.9. The van der Waals surface area contributed by atoms with Crippen molar-refractivity contribution in [2.75, 3.05) is 115 Å². The summed E-state index contributed by atoms with van der Waals surface area (Å²) in [5.41, 5.74) is 6.57. The van der Waals surface area contributed by atoms with Crippen molar-refractivity contribution in [1.29, 1.82) is 0 Å². The van der Waals surface area contributed by atoms with E-state index in [4.69, 9.17) is 50.1 Å². The molecule has 0 radical (unpaired) electrons. The van der Waals surface area contributed by atoms with Crippen molar-refractivity contribution in [2.24, 2.45) is 20.5 Å². The number of aryl methyl sites for hydroxylation is 2. The van der Waals surface area contributed by atoms with Gasteiger partial charge in [-0.05, 0) is 179 Å². The fourth-order valence-electron chi connectivity index (χ4n) is 16.8. The molecule has 0 saturated carbocycles. The highest BCUT2D eigenvalue weighted by molar-refractivity contribution is 8.00. The molecule has 4 aromatic carbocycles. The molecule has 7 aliphatic heterocycles. The van der Waals surface area contributed by atoms with Crippen LogP contribution in [0.15, 0.2) is 105 Å². The first kappa shape index (κ1) is 109. The third kappa shape index (κ3) is 31.8. The largest absolute Gasteiger partial charge is 0.444 e. The Kier molecular flexibility index (Phi) is 41.8. The molecule has 9 heterocycles. The second-order valence-electron chi connectivity index (χ2n) is 35.0. The summed E-state index contributed by atoms with van der Waals surface area (Å²) in [5, 5.41) is 39.5. The van der Waals surface area contributed by atoms with Crippen molar-refractivity contribution in [3.63, 3.8) is 0 Å². The first-order valence-corrected chi connectivity index (χ1v) is 47.7. The zero-order chi connectivity index (χ0) is 99.8. The van der Waals surface area contributed by atoms with E-state index in [2.05, 4.69) is 156 Å². The van der Waals surface area contributed by atoms with E-state index in [1.54, 1.807) is 24.3 Å². The monoisotopic (exact) mass is 1950 g/mol. The molecule has 6 atom stereocenters. The number of alkyl carbamates (subject to hydrolysis) is 1. The number of thioether (sulfide) groups is 2. The minimum absolute atomic E-state index is 0. The molecule has 0 spiro atoms. The maximum atomic E-state index is 13.7. The summed E-state index contributed by atoms with van der Waals surface area (Å²) in [6.07, 6.45) is 2.30. The van der Waals surface area contributed by atoms with Gasteiger partial charge in [0.1, 0.15) is 28.9 Å². The van der Waals surface area contributed by atoms with Gasteiger partial charge in [-0.15, -0.1) is 25.5 Å². The van der Waals surface area contributed by atoms with E-state index in [9.17, 15) is 64.3 Å². The van der Waals surface area contributed by atoms with Crippen LogP contribution in [0.25, 0.3) is 22.3 Å². The average Bonchev–Trinajstić information content (AvgIpc) is 1.58. The second kappa shape index (κ2) is 52.4. The van der Waals surface area contributed by atoms with Crippen molar-refractivity contribution in [2.45, 2.75) is 242 Å². The Balaban J connectivity index is 0.000000246. The molecule has 8 amide bonds. The number of carbonyl (C=O) groups excluding carboxylic acids is 11. The van der Waals surface area contributed by atoms with Crippen LogP contribution in [0.3, 0.4) is 0 Å². The number of amides is 8. The minimum Gasteiger partial charge on any atom is -0.444 e. The number of ether oxygens (including phenoxy) is 1. The molecule has 5 fully saturated rings. The third-order valence-electron chi connectivity index (χ3n) is 23.7. The lowest BCUT2D eigenvalue weighted by molar-refractivity contribution is -0.197. The van der Waals surface area contributed by atoms with E-state index in [1.165, 1.54) is 66.2 Å². The number of urea groups is 2. The number of unbranched alkanes of at least 4 members (excludes halogenated alkanes) is 2. The van der Waals surface area contributed by atoms with Gasteiger partial charge in [-0.2, -0.15) is 69.0 Å². The summed E-state index contributed by atoms with van der Waals surface area (Å²) in [6, 6.07) is 25.9. The van der Waals surface area contributed by atoms with E-state index in [0.717, 1.165) is 141 Å². The summed E-state index contributed by atoms with van der Waals surface area (Å²) < 4.78 is 103. The van der Waals surface area contributed by atoms with Crippen LogP contribution in [-0.4, -0.2) is 251 Å². The fraction of sp³-hybridized carbons (Fsp3) is 0.568. The molecule has 15 rings (SSSR count). The molecule has 5 saturated heterocycles. The first-order valence-electron chi connectivity index (χ1n) is 46.4. The molecular weight excluding hydrogens is 1830 g/mol. The number of hydroxylamine groups is 2. The predicted molar refractivity (Wildman–Crippen MR) is 504 cm³/mol. The van der Waals surface area contributed by atoms with E-state index in [0.29, 0.717) is 90.2 Å². The number of anilines is 2. The van der Waals surface area contributed by atoms with Crippen molar-refractivity contribution < 1.29 is 94.4 Å². The predicted octanol–water partition coefficient (Wildman–Crippen LogP) is 14.6. The van der Waals surface area contributed by atoms with Crippen molar-refractivity contribution in [3.05, 3.63) is 152 Å². The number of aromatic nitrogens is 4. The molecular formula is C95H127F7N20O13S2. The minimum atomic E-state index is -4.59. The van der Waals surface area contributed by atoms with Gasteiger partial charge in [0.15, 0.2) is 0 Å². The number of rotatable bonds is 38. The molecule has 8 N–H and O–H groups in total. The summed E-state index contributed by atoms with van der Waals surface area (Å²) in [5.74, 6) is 3.03. The second-order valence-corrected chi connectivity index (χ2v) is 37.6. The van der Waals surface area contributed by atoms with E-state index < -0.39 is 60.3 Å². The van der Waals surface area contributed by atoms with Crippen LogP contribution in [0.1, 0.15) is 208 Å². The number of nitrogens with zero attached hydrogens (tertiary/aromatic N) is 12. The number of fused-ring (bicyclic) bond motifs is 8. The quantitative estimate of drug-likeness (QED) is 0.00771. The van der Waals surface area contributed by atoms with Crippen LogP contribution in [0.4, 0.5) is 56.8 Å². The molecule has 746 valence electrons. The maximum absolute atomic E-state index is 13.7. The summed E-state index contributed by atoms with van der Waals surface area (Å²) >= 11 is 3.73. The Bertz CT molecular complexity index is 5210. The van der Waals surface area contributed by atoms with Crippen molar-refractivity contribution >= 4 is 89.3 Å². The average molecular weight is 1960 g/mol. The summed E-state index contributed by atoms with van der Waals surface area (Å²) in [4.78, 5) is 145. The van der Waals surface area contributed by atoms with Gasteiger partial charge in [0, 0.05) is 122 Å². The van der Waals surface area contributed by atoms with Crippen LogP contribution < -0.4 is 42.5 Å².